The smallest absolute Gasteiger partial charge is 0.389 e. The van der Waals surface area contributed by atoms with Gasteiger partial charge in [0.05, 0.1) is 43.5 Å². The Morgan fingerprint density at radius 2 is 1.83 bits per heavy atom. The number of β-amino-alcohol motifs (C(OH)–C–C–N with tert-alkyl or cyclic N) is 1. The van der Waals surface area contributed by atoms with Crippen molar-refractivity contribution in [3.8, 4) is 0 Å². The maximum Gasteiger partial charge on any atom is 0.416 e. The Morgan fingerprint density at radius 3 is 2.60 bits per heavy atom. The normalized spacial score (nSPS) is 25.8. The maximum absolute atomic E-state index is 13.2. The first-order valence-electron chi connectivity index (χ1n) is 11.9. The maximum atomic E-state index is 13.2. The van der Waals surface area contributed by atoms with Gasteiger partial charge in [0.15, 0.2) is 0 Å². The van der Waals surface area contributed by atoms with Crippen LogP contribution >= 0.6 is 0 Å². The van der Waals surface area contributed by atoms with E-state index in [2.05, 4.69) is 5.32 Å². The summed E-state index contributed by atoms with van der Waals surface area (Å²) >= 11 is 0. The zero-order valence-corrected chi connectivity index (χ0v) is 19.4. The highest BCUT2D eigenvalue weighted by Gasteiger charge is 2.38. The molecule has 0 saturated carbocycles. The first-order chi connectivity index (χ1) is 16.8. The lowest BCUT2D eigenvalue weighted by atomic mass is 9.94. The molecule has 4 atom stereocenters. The Balaban J connectivity index is 1.38. The van der Waals surface area contributed by atoms with Crippen molar-refractivity contribution < 1.29 is 32.5 Å². The molecule has 1 amide bonds. The lowest BCUT2D eigenvalue weighted by Crippen LogP contribution is -2.55. The second-order valence-electron chi connectivity index (χ2n) is 9.23. The predicted molar refractivity (Wildman–Crippen MR) is 123 cm³/mol. The summed E-state index contributed by atoms with van der Waals surface area (Å²) in [7, 11) is 0. The molecule has 0 unspecified atom stereocenters. The van der Waals surface area contributed by atoms with E-state index in [1.54, 1.807) is 6.07 Å². The number of hydrogen-bond acceptors (Lipinski definition) is 5. The second-order valence-corrected chi connectivity index (χ2v) is 9.23. The van der Waals surface area contributed by atoms with Crippen LogP contribution < -0.4 is 5.32 Å². The van der Waals surface area contributed by atoms with Crippen LogP contribution in [0.5, 0.6) is 0 Å². The molecule has 2 fully saturated rings. The minimum absolute atomic E-state index is 0.0969. The molecule has 2 aliphatic rings. The van der Waals surface area contributed by atoms with Crippen LogP contribution in [-0.2, 0) is 33.5 Å². The molecular formula is C26H31F3N2O4. The molecule has 9 heteroatoms. The fourth-order valence-electron chi connectivity index (χ4n) is 4.78. The Hall–Kier alpha value is -2.46. The van der Waals surface area contributed by atoms with Crippen molar-refractivity contribution >= 4 is 5.91 Å². The quantitative estimate of drug-likeness (QED) is 0.646. The third-order valence-corrected chi connectivity index (χ3v) is 6.47. The number of halogens is 3. The van der Waals surface area contributed by atoms with Gasteiger partial charge in [-0.1, -0.05) is 48.5 Å². The van der Waals surface area contributed by atoms with Gasteiger partial charge in [0, 0.05) is 25.7 Å². The number of hydrogen-bond donors (Lipinski definition) is 2. The minimum atomic E-state index is -4.41. The molecule has 35 heavy (non-hydrogen) atoms. The highest BCUT2D eigenvalue weighted by atomic mass is 19.4. The van der Waals surface area contributed by atoms with Crippen molar-refractivity contribution in [2.45, 2.75) is 62.9 Å². The van der Waals surface area contributed by atoms with Crippen LogP contribution in [0.25, 0.3) is 0 Å². The van der Waals surface area contributed by atoms with E-state index in [1.807, 2.05) is 35.2 Å². The van der Waals surface area contributed by atoms with E-state index in [-0.39, 0.29) is 56.9 Å². The molecule has 0 aromatic heterocycles. The number of alkyl halides is 3. The number of carbonyl (C=O) groups excluding carboxylic acids is 1. The lowest BCUT2D eigenvalue weighted by Gasteiger charge is -2.44. The standard InChI is InChI=1S/C26H31F3N2O4/c27-26(28,29)20-8-4-7-19(11-20)14-31-15-21(32)16-34-17-24-23(31)10-9-22(35-24)12-25(33)30-13-18-5-2-1-3-6-18/h1-8,11,21-24,32H,9-10,12-17H2,(H,30,33)/t21-,22-,23-,24+/m0/s1. The molecule has 2 aliphatic heterocycles. The third-order valence-electron chi connectivity index (χ3n) is 6.47. The van der Waals surface area contributed by atoms with Crippen LogP contribution in [0, 0.1) is 0 Å². The molecule has 0 aliphatic carbocycles. The summed E-state index contributed by atoms with van der Waals surface area (Å²) in [6, 6.07) is 14.8. The van der Waals surface area contributed by atoms with Crippen LogP contribution in [0.4, 0.5) is 13.2 Å². The number of ether oxygens (including phenoxy) is 2. The highest BCUT2D eigenvalue weighted by Crippen LogP contribution is 2.32. The number of aliphatic hydroxyl groups is 1. The molecule has 2 N–H and O–H groups in total. The van der Waals surface area contributed by atoms with E-state index in [0.717, 1.165) is 17.7 Å². The van der Waals surface area contributed by atoms with E-state index in [1.165, 1.54) is 6.07 Å². The minimum Gasteiger partial charge on any atom is -0.389 e. The van der Waals surface area contributed by atoms with Crippen molar-refractivity contribution in [1.29, 1.82) is 0 Å². The van der Waals surface area contributed by atoms with E-state index >= 15 is 0 Å². The molecule has 0 radical (unpaired) electrons. The summed E-state index contributed by atoms with van der Waals surface area (Å²) in [4.78, 5) is 14.5. The Kier molecular flexibility index (Phi) is 8.43. The molecular weight excluding hydrogens is 461 g/mol. The van der Waals surface area contributed by atoms with Gasteiger partial charge in [-0.15, -0.1) is 0 Å². The monoisotopic (exact) mass is 492 g/mol. The third kappa shape index (κ3) is 7.27. The molecule has 6 nitrogen and oxygen atoms in total. The number of nitrogens with zero attached hydrogens (tertiary/aromatic N) is 1. The first kappa shape index (κ1) is 25.6. The Morgan fingerprint density at radius 1 is 1.06 bits per heavy atom. The summed E-state index contributed by atoms with van der Waals surface area (Å²) in [6.45, 7) is 1.35. The molecule has 0 bridgehead atoms. The highest BCUT2D eigenvalue weighted by molar-refractivity contribution is 5.76. The van der Waals surface area contributed by atoms with Gasteiger partial charge in [-0.05, 0) is 30.0 Å². The lowest BCUT2D eigenvalue weighted by molar-refractivity contribution is -0.158. The average Bonchev–Trinajstić information content (AvgIpc) is 2.82. The molecule has 2 saturated heterocycles. The van der Waals surface area contributed by atoms with Gasteiger partial charge in [0.25, 0.3) is 0 Å². The first-order valence-corrected chi connectivity index (χ1v) is 11.9. The largest absolute Gasteiger partial charge is 0.416 e. The van der Waals surface area contributed by atoms with Crippen LogP contribution in [0.3, 0.4) is 0 Å². The van der Waals surface area contributed by atoms with Crippen molar-refractivity contribution in [1.82, 2.24) is 10.2 Å². The SMILES string of the molecule is O=C(C[C@@H]1CC[C@H]2[C@@H](COC[C@@H](O)CN2Cc2cccc(C(F)(F)F)c2)O1)NCc1ccccc1. The van der Waals surface area contributed by atoms with Gasteiger partial charge in [-0.25, -0.2) is 0 Å². The fourth-order valence-corrected chi connectivity index (χ4v) is 4.78. The van der Waals surface area contributed by atoms with Crippen LogP contribution in [0.15, 0.2) is 54.6 Å². The van der Waals surface area contributed by atoms with Gasteiger partial charge in [-0.2, -0.15) is 13.2 Å². The Labute approximate surface area is 203 Å². The van der Waals surface area contributed by atoms with Crippen LogP contribution in [-0.4, -0.2) is 60.0 Å². The molecule has 190 valence electrons. The van der Waals surface area contributed by atoms with E-state index in [0.29, 0.717) is 24.9 Å². The van der Waals surface area contributed by atoms with E-state index in [9.17, 15) is 23.1 Å². The van der Waals surface area contributed by atoms with Gasteiger partial charge in [0.2, 0.25) is 5.91 Å². The topological polar surface area (TPSA) is 71.0 Å². The zero-order valence-electron chi connectivity index (χ0n) is 19.4. The summed E-state index contributed by atoms with van der Waals surface area (Å²) in [5.74, 6) is -0.0969. The molecule has 4 rings (SSSR count). The van der Waals surface area contributed by atoms with E-state index < -0.39 is 17.8 Å². The van der Waals surface area contributed by atoms with Gasteiger partial charge >= 0.3 is 6.18 Å². The van der Waals surface area contributed by atoms with Crippen LogP contribution in [0.1, 0.15) is 36.0 Å². The molecule has 2 aromatic rings. The molecule has 2 aromatic carbocycles. The number of nitrogens with one attached hydrogen (secondary N) is 1. The number of fused-ring (bicyclic) bond motifs is 1. The van der Waals surface area contributed by atoms with Crippen LogP contribution in [0.2, 0.25) is 0 Å². The summed E-state index contributed by atoms with van der Waals surface area (Å²) < 4.78 is 51.4. The van der Waals surface area contributed by atoms with Gasteiger partial charge in [0.1, 0.15) is 0 Å². The molecule has 2 heterocycles. The Bertz CT molecular complexity index is 973. The number of aliphatic hydroxyl groups excluding tert-OH is 1. The van der Waals surface area contributed by atoms with Gasteiger partial charge in [-0.3, -0.25) is 9.69 Å². The predicted octanol–water partition coefficient (Wildman–Crippen LogP) is 3.52. The van der Waals surface area contributed by atoms with Gasteiger partial charge < -0.3 is 19.9 Å². The average molecular weight is 493 g/mol. The number of amides is 1. The summed E-state index contributed by atoms with van der Waals surface area (Å²) in [5.41, 5.74) is 0.848. The second kappa shape index (κ2) is 11.5. The van der Waals surface area contributed by atoms with Crippen molar-refractivity contribution in [3.05, 3.63) is 71.3 Å². The van der Waals surface area contributed by atoms with E-state index in [4.69, 9.17) is 9.47 Å². The van der Waals surface area contributed by atoms with Crippen molar-refractivity contribution in [2.75, 3.05) is 19.8 Å². The van der Waals surface area contributed by atoms with Crippen molar-refractivity contribution in [3.63, 3.8) is 0 Å². The number of benzene rings is 2. The van der Waals surface area contributed by atoms with Crippen molar-refractivity contribution in [2.24, 2.45) is 0 Å². The number of carbonyl (C=O) groups is 1. The summed E-state index contributed by atoms with van der Waals surface area (Å²) in [6.07, 6.45) is -4.21. The fraction of sp³-hybridized carbons (Fsp3) is 0.500. The molecule has 0 spiro atoms. The zero-order chi connectivity index (χ0) is 24.8. The number of rotatable bonds is 6. The summed E-state index contributed by atoms with van der Waals surface area (Å²) in [5, 5.41) is 13.2.